The minimum atomic E-state index is -1.38. The van der Waals surface area contributed by atoms with Crippen molar-refractivity contribution >= 4 is 23.8 Å². The molecule has 2 aromatic carbocycles. The van der Waals surface area contributed by atoms with Crippen molar-refractivity contribution in [2.24, 2.45) is 0 Å². The summed E-state index contributed by atoms with van der Waals surface area (Å²) >= 11 is 0. The number of nitrogens with one attached hydrogen (secondary N) is 2. The Morgan fingerprint density at radius 3 is 2.42 bits per heavy atom. The highest BCUT2D eigenvalue weighted by atomic mass is 16.6. The third-order valence-electron chi connectivity index (χ3n) is 9.08. The van der Waals surface area contributed by atoms with E-state index in [0.717, 1.165) is 5.56 Å². The number of hydrogen-bond acceptors (Lipinski definition) is 11. The Balaban J connectivity index is 1.29. The normalized spacial score (nSPS) is 26.2. The molecule has 45 heavy (non-hydrogen) atoms. The van der Waals surface area contributed by atoms with E-state index in [4.69, 9.17) is 18.9 Å². The number of ether oxygens (including phenoxy) is 4. The fourth-order valence-corrected chi connectivity index (χ4v) is 6.91. The highest BCUT2D eigenvalue weighted by Crippen LogP contribution is 2.63. The molecule has 4 N–H and O–H groups in total. The molecule has 240 valence electrons. The van der Waals surface area contributed by atoms with Crippen molar-refractivity contribution in [3.8, 4) is 11.5 Å². The lowest BCUT2D eigenvalue weighted by Gasteiger charge is -2.56. The van der Waals surface area contributed by atoms with Crippen LogP contribution in [0.5, 0.6) is 11.5 Å². The predicted molar refractivity (Wildman–Crippen MR) is 159 cm³/mol. The molecule has 1 aliphatic heterocycles. The van der Waals surface area contributed by atoms with Crippen molar-refractivity contribution in [1.29, 1.82) is 0 Å². The Bertz CT molecular complexity index is 1540. The van der Waals surface area contributed by atoms with Gasteiger partial charge in [-0.15, -0.1) is 0 Å². The van der Waals surface area contributed by atoms with Crippen molar-refractivity contribution in [3.63, 3.8) is 0 Å². The summed E-state index contributed by atoms with van der Waals surface area (Å²) in [4.78, 5) is 50.7. The number of amides is 1. The van der Waals surface area contributed by atoms with Crippen LogP contribution in [0.4, 0.5) is 0 Å². The highest BCUT2D eigenvalue weighted by molar-refractivity contribution is 5.89. The molecule has 0 spiro atoms. The van der Waals surface area contributed by atoms with Crippen LogP contribution in [0, 0.1) is 0 Å². The van der Waals surface area contributed by atoms with Gasteiger partial charge in [-0.05, 0) is 51.4 Å². The fourth-order valence-electron chi connectivity index (χ4n) is 6.91. The molecule has 0 aromatic heterocycles. The number of aliphatic hydroxyl groups is 1. The molecule has 0 saturated heterocycles. The number of likely N-dealkylation sites (N-methyl/N-ethyl adjacent to an activating group) is 1. The molecule has 12 nitrogen and oxygen atoms in total. The lowest BCUT2D eigenvalue weighted by Crippen LogP contribution is -2.70. The predicted octanol–water partition coefficient (Wildman–Crippen LogP) is 2.25. The van der Waals surface area contributed by atoms with Crippen LogP contribution in [0.25, 0.3) is 0 Å². The van der Waals surface area contributed by atoms with Gasteiger partial charge in [-0.3, -0.25) is 9.59 Å². The Morgan fingerprint density at radius 2 is 1.78 bits per heavy atom. The molecule has 3 aliphatic rings. The number of benzene rings is 2. The van der Waals surface area contributed by atoms with E-state index in [1.807, 2.05) is 13.0 Å². The average Bonchev–Trinajstić information content (AvgIpc) is 3.39. The summed E-state index contributed by atoms with van der Waals surface area (Å²) < 4.78 is 22.5. The van der Waals surface area contributed by atoms with Gasteiger partial charge >= 0.3 is 17.9 Å². The first-order chi connectivity index (χ1) is 21.4. The van der Waals surface area contributed by atoms with Gasteiger partial charge in [0.1, 0.15) is 11.8 Å². The van der Waals surface area contributed by atoms with Gasteiger partial charge in [0.15, 0.2) is 23.7 Å². The Labute approximate surface area is 260 Å². The van der Waals surface area contributed by atoms with Crippen molar-refractivity contribution in [3.05, 3.63) is 71.0 Å². The van der Waals surface area contributed by atoms with E-state index >= 15 is 0 Å². The second-order valence-electron chi connectivity index (χ2n) is 11.7. The number of hydrogen-bond donors (Lipinski definition) is 4. The summed E-state index contributed by atoms with van der Waals surface area (Å²) in [5.41, 5.74) is -0.292. The molecule has 0 fully saturated rings. The number of phenols is 1. The third-order valence-corrected chi connectivity index (χ3v) is 9.08. The van der Waals surface area contributed by atoms with Crippen molar-refractivity contribution < 1.29 is 48.3 Å². The summed E-state index contributed by atoms with van der Waals surface area (Å²) in [6.07, 6.45) is -0.910. The van der Waals surface area contributed by atoms with Crippen LogP contribution in [-0.2, 0) is 45.2 Å². The Hall–Kier alpha value is -4.42. The minimum Gasteiger partial charge on any atom is -0.504 e. The second-order valence-corrected chi connectivity index (χ2v) is 11.7. The molecule has 2 aromatic rings. The van der Waals surface area contributed by atoms with Gasteiger partial charge in [-0.2, -0.15) is 0 Å². The number of carbonyl (C=O) groups is 4. The highest BCUT2D eigenvalue weighted by Gasteiger charge is 2.69. The van der Waals surface area contributed by atoms with Crippen LogP contribution in [-0.4, -0.2) is 71.0 Å². The van der Waals surface area contributed by atoms with E-state index in [1.165, 1.54) is 20.8 Å². The largest absolute Gasteiger partial charge is 0.504 e. The first-order valence-electron chi connectivity index (χ1n) is 14.9. The van der Waals surface area contributed by atoms with E-state index in [9.17, 15) is 29.4 Å². The molecule has 0 unspecified atom stereocenters. The first-order valence-corrected chi connectivity index (χ1v) is 14.9. The van der Waals surface area contributed by atoms with Crippen LogP contribution >= 0.6 is 0 Å². The second kappa shape index (κ2) is 12.2. The van der Waals surface area contributed by atoms with Crippen molar-refractivity contribution in [1.82, 2.24) is 10.6 Å². The minimum absolute atomic E-state index is 0.0755. The maximum absolute atomic E-state index is 13.2. The van der Waals surface area contributed by atoms with Crippen LogP contribution in [0.15, 0.2) is 54.3 Å². The monoisotopic (exact) mass is 622 g/mol. The van der Waals surface area contributed by atoms with Crippen molar-refractivity contribution in [2.45, 2.75) is 88.4 Å². The van der Waals surface area contributed by atoms with Gasteiger partial charge < -0.3 is 39.8 Å². The summed E-state index contributed by atoms with van der Waals surface area (Å²) in [6, 6.07) is 10.2. The summed E-state index contributed by atoms with van der Waals surface area (Å²) in [5, 5.41) is 28.6. The van der Waals surface area contributed by atoms with E-state index in [1.54, 1.807) is 49.5 Å². The zero-order valence-electron chi connectivity index (χ0n) is 25.8. The zero-order chi connectivity index (χ0) is 32.7. The fraction of sp³-hybridized carbons (Fsp3) is 0.455. The number of aromatic hydroxyl groups is 1. The third kappa shape index (κ3) is 5.31. The molecular weight excluding hydrogens is 584 g/mol. The van der Waals surface area contributed by atoms with Gasteiger partial charge in [0.05, 0.1) is 11.0 Å². The standard InChI is InChI=1S/C33H38N2O10/c1-6-32-25-21-12-13-22(37)27(25)45-28(32)23(14-15-33(32,41)24(16-21)34-5)44-31(40)18(3)42-30(39)17(2)35-29(38)26(43-19(4)36)20-10-8-7-9-11-20/h7-14,17-18,24,26,28,34,37,41H,6,15-16H2,1-5H3,(H,35,38)/t17-,18-,24+,26-,28-,32-,33+/m0/s1. The number of rotatable bonds is 10. The first kappa shape index (κ1) is 32.0. The molecule has 1 heterocycles. The number of phenolic OH excluding ortho intramolecular Hbond substituents is 1. The molecule has 12 heteroatoms. The topological polar surface area (TPSA) is 170 Å². The average molecular weight is 623 g/mol. The zero-order valence-corrected chi connectivity index (χ0v) is 25.8. The van der Waals surface area contributed by atoms with Gasteiger partial charge in [-0.25, -0.2) is 9.59 Å². The SMILES string of the molecule is CC[C@]12c3c4ccc(O)c3O[C@H]1C(OC(=O)[C@H](C)OC(=O)[C@H](C)NC(=O)[C@@H](OC(C)=O)c1ccccc1)=CC[C@@]2(O)[C@H](NC)C4. The van der Waals surface area contributed by atoms with Crippen LogP contribution < -0.4 is 15.4 Å². The van der Waals surface area contributed by atoms with Gasteiger partial charge in [0.25, 0.3) is 5.91 Å². The maximum atomic E-state index is 13.2. The number of carbonyl (C=O) groups excluding carboxylic acids is 4. The molecule has 0 bridgehead atoms. The molecule has 5 rings (SSSR count). The molecule has 0 saturated carbocycles. The van der Waals surface area contributed by atoms with Gasteiger partial charge in [0.2, 0.25) is 6.10 Å². The van der Waals surface area contributed by atoms with Crippen molar-refractivity contribution in [2.75, 3.05) is 7.05 Å². The van der Waals surface area contributed by atoms with E-state index in [0.29, 0.717) is 24.0 Å². The van der Waals surface area contributed by atoms with E-state index in [2.05, 4.69) is 10.6 Å². The van der Waals surface area contributed by atoms with Crippen LogP contribution in [0.3, 0.4) is 0 Å². The summed E-state index contributed by atoms with van der Waals surface area (Å²) in [6.45, 7) is 5.79. The molecule has 2 aliphatic carbocycles. The Morgan fingerprint density at radius 1 is 1.07 bits per heavy atom. The molecule has 7 atom stereocenters. The van der Waals surface area contributed by atoms with Crippen LogP contribution in [0.1, 0.15) is 63.3 Å². The number of esters is 3. The molecule has 1 amide bonds. The van der Waals surface area contributed by atoms with E-state index < -0.39 is 59.2 Å². The lowest BCUT2D eigenvalue weighted by atomic mass is 9.52. The maximum Gasteiger partial charge on any atom is 0.352 e. The lowest BCUT2D eigenvalue weighted by molar-refractivity contribution is -0.168. The smallest absolute Gasteiger partial charge is 0.352 e. The summed E-state index contributed by atoms with van der Waals surface area (Å²) in [5.74, 6) is -2.91. The quantitative estimate of drug-likeness (QED) is 0.226. The van der Waals surface area contributed by atoms with E-state index in [-0.39, 0.29) is 29.7 Å². The van der Waals surface area contributed by atoms with Gasteiger partial charge in [-0.1, -0.05) is 43.3 Å². The summed E-state index contributed by atoms with van der Waals surface area (Å²) in [7, 11) is 1.78. The molecule has 0 radical (unpaired) electrons. The van der Waals surface area contributed by atoms with Crippen LogP contribution in [0.2, 0.25) is 0 Å². The molecular formula is C33H38N2O10. The Kier molecular flexibility index (Phi) is 8.65. The van der Waals surface area contributed by atoms with Gasteiger partial charge in [0, 0.05) is 30.5 Å².